The lowest BCUT2D eigenvalue weighted by molar-refractivity contribution is -0.149. The van der Waals surface area contributed by atoms with Gasteiger partial charge in [0.25, 0.3) is 0 Å². The number of esters is 1. The van der Waals surface area contributed by atoms with Gasteiger partial charge in [-0.25, -0.2) is 4.79 Å². The van der Waals surface area contributed by atoms with E-state index in [2.05, 4.69) is 23.7 Å². The molecule has 0 aromatic heterocycles. The van der Waals surface area contributed by atoms with Crippen molar-refractivity contribution in [3.05, 3.63) is 65.7 Å². The Bertz CT molecular complexity index is 1040. The first-order valence-electron chi connectivity index (χ1n) is 11.3. The summed E-state index contributed by atoms with van der Waals surface area (Å²) in [6.07, 6.45) is 3.66. The van der Waals surface area contributed by atoms with Gasteiger partial charge in [-0.1, -0.05) is 54.0 Å². The first kappa shape index (κ1) is 28.1. The summed E-state index contributed by atoms with van der Waals surface area (Å²) >= 11 is 1.62. The van der Waals surface area contributed by atoms with Crippen LogP contribution in [0.1, 0.15) is 24.8 Å². The molecule has 0 aliphatic carbocycles. The molecule has 184 valence electrons. The first-order valence-corrected chi connectivity index (χ1v) is 12.3. The van der Waals surface area contributed by atoms with E-state index in [1.54, 1.807) is 26.0 Å². The van der Waals surface area contributed by atoms with Crippen molar-refractivity contribution in [3.63, 3.8) is 0 Å². The number of ether oxygens (including phenoxy) is 4. The molecule has 0 amide bonds. The Hall–Kier alpha value is -3.16. The quantitative estimate of drug-likeness (QED) is 0.175. The Morgan fingerprint density at radius 1 is 0.971 bits per heavy atom. The number of hydrogen-bond acceptors (Lipinski definition) is 6. The highest BCUT2D eigenvalue weighted by atomic mass is 32.2. The van der Waals surface area contributed by atoms with Gasteiger partial charge in [0.2, 0.25) is 0 Å². The van der Waals surface area contributed by atoms with E-state index in [1.807, 2.05) is 60.7 Å². The molecule has 0 bridgehead atoms. The number of carbonyl (C=O) groups excluding carboxylic acids is 1. The van der Waals surface area contributed by atoms with Crippen LogP contribution in [0, 0.1) is 23.7 Å². The van der Waals surface area contributed by atoms with E-state index in [4.69, 9.17) is 18.9 Å². The van der Waals surface area contributed by atoms with E-state index in [1.165, 1.54) is 7.11 Å². The average Bonchev–Trinajstić information content (AvgIpc) is 2.88. The fraction of sp³-hybridized carbons (Fsp3) is 0.345. The Kier molecular flexibility index (Phi) is 13.9. The van der Waals surface area contributed by atoms with Crippen LogP contribution in [-0.2, 0) is 19.0 Å². The summed E-state index contributed by atoms with van der Waals surface area (Å²) in [5, 5.41) is 0. The molecule has 0 radical (unpaired) electrons. The molecule has 2 aromatic rings. The van der Waals surface area contributed by atoms with Gasteiger partial charge in [-0.15, -0.1) is 11.8 Å². The molecule has 1 unspecified atom stereocenters. The number of methoxy groups -OCH3 is 3. The van der Waals surface area contributed by atoms with Crippen molar-refractivity contribution >= 4 is 23.8 Å². The van der Waals surface area contributed by atoms with Gasteiger partial charge in [-0.3, -0.25) is 0 Å². The maximum absolute atomic E-state index is 12.3. The second kappa shape index (κ2) is 17.3. The average molecular weight is 493 g/mol. The first-order chi connectivity index (χ1) is 17.2. The topological polar surface area (TPSA) is 54.0 Å². The lowest BCUT2D eigenvalue weighted by atomic mass is 10.1. The van der Waals surface area contributed by atoms with Gasteiger partial charge in [-0.05, 0) is 48.7 Å². The van der Waals surface area contributed by atoms with Crippen molar-refractivity contribution in [3.8, 4) is 29.4 Å². The third kappa shape index (κ3) is 11.7. The van der Waals surface area contributed by atoms with Crippen molar-refractivity contribution in [1.29, 1.82) is 0 Å². The molecule has 0 fully saturated rings. The predicted octanol–water partition coefficient (Wildman–Crippen LogP) is 5.25. The highest BCUT2D eigenvalue weighted by Gasteiger charge is 2.16. The monoisotopic (exact) mass is 492 g/mol. The minimum atomic E-state index is -0.803. The number of benzene rings is 2. The molecule has 2 aromatic carbocycles. The third-order valence-electron chi connectivity index (χ3n) is 4.65. The lowest BCUT2D eigenvalue weighted by Crippen LogP contribution is -2.21. The summed E-state index contributed by atoms with van der Waals surface area (Å²) in [5.41, 5.74) is 1.52. The maximum Gasteiger partial charge on any atom is 0.333 e. The van der Waals surface area contributed by atoms with Crippen LogP contribution in [0.2, 0.25) is 0 Å². The molecule has 2 rings (SSSR count). The van der Waals surface area contributed by atoms with Crippen LogP contribution in [0.5, 0.6) is 5.75 Å². The zero-order chi connectivity index (χ0) is 25.1. The van der Waals surface area contributed by atoms with Gasteiger partial charge < -0.3 is 18.9 Å². The van der Waals surface area contributed by atoms with Crippen LogP contribution in [0.15, 0.2) is 65.1 Å². The highest BCUT2D eigenvalue weighted by molar-refractivity contribution is 7.99. The zero-order valence-corrected chi connectivity index (χ0v) is 21.4. The molecule has 35 heavy (non-hydrogen) atoms. The number of rotatable bonds is 12. The second-order valence-corrected chi connectivity index (χ2v) is 8.40. The highest BCUT2D eigenvalue weighted by Crippen LogP contribution is 2.18. The summed E-state index contributed by atoms with van der Waals surface area (Å²) in [5.74, 6) is 13.4. The van der Waals surface area contributed by atoms with Gasteiger partial charge >= 0.3 is 5.97 Å². The van der Waals surface area contributed by atoms with Crippen LogP contribution in [-0.4, -0.2) is 52.4 Å². The summed E-state index contributed by atoms with van der Waals surface area (Å²) in [6.45, 7) is 0.551. The van der Waals surface area contributed by atoms with Crippen LogP contribution < -0.4 is 4.74 Å². The van der Waals surface area contributed by atoms with E-state index in [9.17, 15) is 4.79 Å². The molecule has 0 saturated carbocycles. The zero-order valence-electron chi connectivity index (χ0n) is 20.5. The Morgan fingerprint density at radius 2 is 1.74 bits per heavy atom. The molecule has 0 spiro atoms. The number of hydrogen-bond donors (Lipinski definition) is 0. The van der Waals surface area contributed by atoms with Crippen molar-refractivity contribution in [2.24, 2.45) is 0 Å². The molecular formula is C29H32O5S. The van der Waals surface area contributed by atoms with Crippen LogP contribution >= 0.6 is 11.8 Å². The molecule has 6 heteroatoms. The predicted molar refractivity (Wildman–Crippen MR) is 141 cm³/mol. The van der Waals surface area contributed by atoms with Crippen molar-refractivity contribution in [2.75, 3.05) is 40.3 Å². The number of carbonyl (C=O) groups is 1. The van der Waals surface area contributed by atoms with Gasteiger partial charge in [0.15, 0.2) is 6.10 Å². The number of unbranched alkanes of at least 4 members (excludes halogenated alkanes) is 2. The molecule has 0 aliphatic rings. The summed E-state index contributed by atoms with van der Waals surface area (Å²) < 4.78 is 20.9. The minimum absolute atomic E-state index is 0.156. The van der Waals surface area contributed by atoms with E-state index >= 15 is 0 Å². The van der Waals surface area contributed by atoms with Crippen molar-refractivity contribution in [1.82, 2.24) is 0 Å². The van der Waals surface area contributed by atoms with Crippen molar-refractivity contribution < 1.29 is 23.7 Å². The molecular weight excluding hydrogens is 460 g/mol. The van der Waals surface area contributed by atoms with Crippen LogP contribution in [0.25, 0.3) is 6.08 Å². The number of thioether (sulfide) groups is 1. The minimum Gasteiger partial charge on any atom is -0.497 e. The van der Waals surface area contributed by atoms with Crippen molar-refractivity contribution in [2.45, 2.75) is 30.3 Å². The van der Waals surface area contributed by atoms with E-state index in [0.717, 1.165) is 29.1 Å². The van der Waals surface area contributed by atoms with E-state index in [-0.39, 0.29) is 6.61 Å². The largest absolute Gasteiger partial charge is 0.497 e. The fourth-order valence-corrected chi connectivity index (χ4v) is 3.58. The molecule has 5 nitrogen and oxygen atoms in total. The summed E-state index contributed by atoms with van der Waals surface area (Å²) in [6, 6.07) is 17.6. The normalized spacial score (nSPS) is 11.5. The van der Waals surface area contributed by atoms with Crippen LogP contribution in [0.3, 0.4) is 0 Å². The summed E-state index contributed by atoms with van der Waals surface area (Å²) in [4.78, 5) is 13.4. The van der Waals surface area contributed by atoms with E-state index < -0.39 is 12.1 Å². The molecule has 0 aliphatic heterocycles. The van der Waals surface area contributed by atoms with Crippen LogP contribution in [0.4, 0.5) is 0 Å². The van der Waals surface area contributed by atoms with Gasteiger partial charge in [0.1, 0.15) is 12.4 Å². The Morgan fingerprint density at radius 3 is 2.43 bits per heavy atom. The molecule has 0 saturated heterocycles. The second-order valence-electron chi connectivity index (χ2n) is 7.35. The Labute approximate surface area is 213 Å². The van der Waals surface area contributed by atoms with E-state index in [0.29, 0.717) is 24.4 Å². The van der Waals surface area contributed by atoms with Gasteiger partial charge in [-0.2, -0.15) is 0 Å². The lowest BCUT2D eigenvalue weighted by Gasteiger charge is -2.13. The fourth-order valence-electron chi connectivity index (χ4n) is 2.91. The summed E-state index contributed by atoms with van der Waals surface area (Å²) in [7, 11) is 4.77. The SMILES string of the molecule is COCCCCC#C/C(=C\c1ccc(OC)cc1)C(C#CCSc1ccccc1)OC(=O)COC. The Balaban J connectivity index is 2.28. The molecule has 1 atom stereocenters. The standard InChI is InChI=1S/C29H32O5S/c1-31-20-10-5-4-7-12-25(22-24-16-18-26(33-3)19-17-24)28(34-29(30)23-32-2)15-11-21-35-27-13-8-6-9-14-27/h6,8-9,13-14,16-19,22,28H,4-5,10,20-21,23H2,1-3H3/b25-22+. The van der Waals surface area contributed by atoms with Gasteiger partial charge in [0.05, 0.1) is 18.4 Å². The van der Waals surface area contributed by atoms with Gasteiger partial charge in [0, 0.05) is 32.1 Å². The molecule has 0 heterocycles. The maximum atomic E-state index is 12.3. The smallest absolute Gasteiger partial charge is 0.333 e. The molecule has 0 N–H and O–H groups in total. The third-order valence-corrected chi connectivity index (χ3v) is 5.55.